The standard InChI is InChI=1S/C23H24N4O/c28-23(27-15-7-8-16-27)20-17-21(24-14-13-18-9-3-1-4-10-18)26-22(25-20)19-11-5-2-6-12-19/h1-6,9-12,17H,7-8,13-16H2,(H,24,25,26). The van der Waals surface area contributed by atoms with E-state index in [0.717, 1.165) is 44.5 Å². The fourth-order valence-electron chi connectivity index (χ4n) is 3.43. The highest BCUT2D eigenvalue weighted by Crippen LogP contribution is 2.20. The summed E-state index contributed by atoms with van der Waals surface area (Å²) in [5.41, 5.74) is 2.63. The summed E-state index contributed by atoms with van der Waals surface area (Å²) in [6.45, 7) is 2.35. The number of rotatable bonds is 6. The smallest absolute Gasteiger partial charge is 0.272 e. The van der Waals surface area contributed by atoms with Gasteiger partial charge in [0.25, 0.3) is 5.91 Å². The van der Waals surface area contributed by atoms with Crippen LogP contribution >= 0.6 is 0 Å². The number of nitrogens with zero attached hydrogens (tertiary/aromatic N) is 3. The lowest BCUT2D eigenvalue weighted by atomic mass is 10.1. The van der Waals surface area contributed by atoms with Gasteiger partial charge in [0.15, 0.2) is 5.82 Å². The Morgan fingerprint density at radius 2 is 1.61 bits per heavy atom. The van der Waals surface area contributed by atoms with Gasteiger partial charge in [0.05, 0.1) is 0 Å². The number of carbonyl (C=O) groups excluding carboxylic acids is 1. The van der Waals surface area contributed by atoms with Crippen molar-refractivity contribution in [2.75, 3.05) is 25.0 Å². The fraction of sp³-hybridized carbons (Fsp3) is 0.261. The van der Waals surface area contributed by atoms with Gasteiger partial charge in [-0.1, -0.05) is 60.7 Å². The Labute approximate surface area is 165 Å². The van der Waals surface area contributed by atoms with E-state index in [1.54, 1.807) is 6.07 Å². The highest BCUT2D eigenvalue weighted by atomic mass is 16.2. The molecule has 4 rings (SSSR count). The lowest BCUT2D eigenvalue weighted by molar-refractivity contribution is 0.0787. The lowest BCUT2D eigenvalue weighted by Crippen LogP contribution is -2.28. The second-order valence-electron chi connectivity index (χ2n) is 6.99. The minimum absolute atomic E-state index is 0.0109. The first-order valence-electron chi connectivity index (χ1n) is 9.81. The summed E-state index contributed by atoms with van der Waals surface area (Å²) in [6, 6.07) is 21.9. The average Bonchev–Trinajstić information content (AvgIpc) is 3.29. The Hall–Kier alpha value is -3.21. The maximum Gasteiger partial charge on any atom is 0.272 e. The first kappa shape index (κ1) is 18.2. The third-order valence-electron chi connectivity index (χ3n) is 4.93. The number of benzene rings is 2. The topological polar surface area (TPSA) is 58.1 Å². The maximum atomic E-state index is 12.9. The molecule has 0 atom stereocenters. The number of anilines is 1. The van der Waals surface area contributed by atoms with E-state index < -0.39 is 0 Å². The van der Waals surface area contributed by atoms with Gasteiger partial charge in [0.2, 0.25) is 0 Å². The van der Waals surface area contributed by atoms with Crippen molar-refractivity contribution in [1.82, 2.24) is 14.9 Å². The van der Waals surface area contributed by atoms with E-state index in [2.05, 4.69) is 27.4 Å². The third-order valence-corrected chi connectivity index (χ3v) is 4.93. The van der Waals surface area contributed by atoms with Crippen LogP contribution in [0.2, 0.25) is 0 Å². The van der Waals surface area contributed by atoms with Gasteiger partial charge < -0.3 is 10.2 Å². The molecular formula is C23H24N4O. The molecule has 1 N–H and O–H groups in total. The van der Waals surface area contributed by atoms with Crippen molar-refractivity contribution in [2.24, 2.45) is 0 Å². The summed E-state index contributed by atoms with van der Waals surface area (Å²) >= 11 is 0. The number of hydrogen-bond acceptors (Lipinski definition) is 4. The Morgan fingerprint density at radius 3 is 2.32 bits per heavy atom. The van der Waals surface area contributed by atoms with Crippen molar-refractivity contribution in [3.05, 3.63) is 78.0 Å². The van der Waals surface area contributed by atoms with E-state index in [9.17, 15) is 4.79 Å². The Kier molecular flexibility index (Phi) is 5.61. The quantitative estimate of drug-likeness (QED) is 0.710. The predicted octanol–water partition coefficient (Wildman–Crippen LogP) is 4.03. The van der Waals surface area contributed by atoms with E-state index in [-0.39, 0.29) is 5.91 Å². The van der Waals surface area contributed by atoms with Crippen molar-refractivity contribution < 1.29 is 4.79 Å². The molecule has 1 aliphatic rings. The molecule has 142 valence electrons. The molecule has 5 nitrogen and oxygen atoms in total. The molecule has 0 spiro atoms. The van der Waals surface area contributed by atoms with Gasteiger partial charge in [-0.2, -0.15) is 0 Å². The Morgan fingerprint density at radius 1 is 0.929 bits per heavy atom. The summed E-state index contributed by atoms with van der Waals surface area (Å²) in [7, 11) is 0. The van der Waals surface area contributed by atoms with Crippen LogP contribution in [0.1, 0.15) is 28.9 Å². The predicted molar refractivity (Wildman–Crippen MR) is 111 cm³/mol. The van der Waals surface area contributed by atoms with Gasteiger partial charge in [-0.05, 0) is 24.8 Å². The van der Waals surface area contributed by atoms with Crippen molar-refractivity contribution >= 4 is 11.7 Å². The van der Waals surface area contributed by atoms with Crippen LogP contribution in [0.25, 0.3) is 11.4 Å². The normalized spacial score (nSPS) is 13.5. The summed E-state index contributed by atoms with van der Waals surface area (Å²) in [4.78, 5) is 24.0. The molecule has 5 heteroatoms. The van der Waals surface area contributed by atoms with E-state index in [0.29, 0.717) is 17.3 Å². The lowest BCUT2D eigenvalue weighted by Gasteiger charge is -2.16. The van der Waals surface area contributed by atoms with Gasteiger partial charge in [-0.25, -0.2) is 9.97 Å². The van der Waals surface area contributed by atoms with E-state index in [1.807, 2.05) is 53.4 Å². The first-order chi connectivity index (χ1) is 13.8. The molecule has 1 aliphatic heterocycles. The van der Waals surface area contributed by atoms with Gasteiger partial charge in [-0.15, -0.1) is 0 Å². The van der Waals surface area contributed by atoms with Crippen LogP contribution in [0.3, 0.4) is 0 Å². The zero-order valence-electron chi connectivity index (χ0n) is 15.8. The van der Waals surface area contributed by atoms with Crippen molar-refractivity contribution in [3.8, 4) is 11.4 Å². The molecule has 2 heterocycles. The molecule has 0 unspecified atom stereocenters. The molecule has 1 amide bonds. The van der Waals surface area contributed by atoms with Crippen molar-refractivity contribution in [3.63, 3.8) is 0 Å². The van der Waals surface area contributed by atoms with Gasteiger partial charge >= 0.3 is 0 Å². The molecule has 3 aromatic rings. The van der Waals surface area contributed by atoms with Gasteiger partial charge in [-0.3, -0.25) is 4.79 Å². The first-order valence-corrected chi connectivity index (χ1v) is 9.81. The van der Waals surface area contributed by atoms with E-state index in [4.69, 9.17) is 0 Å². The second-order valence-corrected chi connectivity index (χ2v) is 6.99. The SMILES string of the molecule is O=C(c1cc(NCCc2ccccc2)nc(-c2ccccc2)n1)N1CCCC1. The van der Waals surface area contributed by atoms with Crippen molar-refractivity contribution in [1.29, 1.82) is 0 Å². The van der Waals surface area contributed by atoms with Crippen LogP contribution in [0.5, 0.6) is 0 Å². The molecule has 1 aromatic heterocycles. The van der Waals surface area contributed by atoms with Gasteiger partial charge in [0, 0.05) is 31.3 Å². The zero-order chi connectivity index (χ0) is 19.2. The summed E-state index contributed by atoms with van der Waals surface area (Å²) in [5, 5.41) is 3.37. The van der Waals surface area contributed by atoms with Crippen LogP contribution in [-0.2, 0) is 6.42 Å². The van der Waals surface area contributed by atoms with Crippen LogP contribution in [0.4, 0.5) is 5.82 Å². The highest BCUT2D eigenvalue weighted by molar-refractivity contribution is 5.93. The molecule has 2 aromatic carbocycles. The molecule has 0 aliphatic carbocycles. The summed E-state index contributed by atoms with van der Waals surface area (Å²) < 4.78 is 0. The van der Waals surface area contributed by atoms with E-state index >= 15 is 0 Å². The number of likely N-dealkylation sites (tertiary alicyclic amines) is 1. The molecule has 28 heavy (non-hydrogen) atoms. The van der Waals surface area contributed by atoms with Crippen LogP contribution in [0.15, 0.2) is 66.7 Å². The molecule has 1 fully saturated rings. The average molecular weight is 372 g/mol. The minimum Gasteiger partial charge on any atom is -0.370 e. The number of aromatic nitrogens is 2. The molecule has 0 bridgehead atoms. The molecular weight excluding hydrogens is 348 g/mol. The number of nitrogens with one attached hydrogen (secondary N) is 1. The largest absolute Gasteiger partial charge is 0.370 e. The minimum atomic E-state index is -0.0109. The Bertz CT molecular complexity index is 922. The zero-order valence-corrected chi connectivity index (χ0v) is 15.8. The second kappa shape index (κ2) is 8.65. The molecule has 1 saturated heterocycles. The van der Waals surface area contributed by atoms with E-state index in [1.165, 1.54) is 5.56 Å². The summed E-state index contributed by atoms with van der Waals surface area (Å²) in [5.74, 6) is 1.25. The van der Waals surface area contributed by atoms with Gasteiger partial charge in [0.1, 0.15) is 11.5 Å². The molecule has 0 saturated carbocycles. The third kappa shape index (κ3) is 4.36. The number of amides is 1. The van der Waals surface area contributed by atoms with Crippen LogP contribution < -0.4 is 5.32 Å². The maximum absolute atomic E-state index is 12.9. The van der Waals surface area contributed by atoms with Crippen molar-refractivity contribution in [2.45, 2.75) is 19.3 Å². The highest BCUT2D eigenvalue weighted by Gasteiger charge is 2.22. The van der Waals surface area contributed by atoms with Crippen LogP contribution in [-0.4, -0.2) is 40.4 Å². The summed E-state index contributed by atoms with van der Waals surface area (Å²) in [6.07, 6.45) is 3.01. The number of carbonyl (C=O) groups is 1. The number of hydrogen-bond donors (Lipinski definition) is 1. The molecule has 0 radical (unpaired) electrons. The monoisotopic (exact) mass is 372 g/mol. The Balaban J connectivity index is 1.57. The van der Waals surface area contributed by atoms with Crippen LogP contribution in [0, 0.1) is 0 Å². The fourth-order valence-corrected chi connectivity index (χ4v) is 3.43.